The number of piperidine rings is 1. The lowest BCUT2D eigenvalue weighted by atomic mass is 9.98. The van der Waals surface area contributed by atoms with Crippen molar-refractivity contribution < 1.29 is 13.2 Å². The molecule has 1 fully saturated rings. The van der Waals surface area contributed by atoms with E-state index in [1.807, 2.05) is 0 Å². The fourth-order valence-corrected chi connectivity index (χ4v) is 4.14. The first-order valence-electron chi connectivity index (χ1n) is 8.28. The van der Waals surface area contributed by atoms with Crippen molar-refractivity contribution in [3.8, 4) is 0 Å². The van der Waals surface area contributed by atoms with Crippen LogP contribution in [0, 0.1) is 5.92 Å². The van der Waals surface area contributed by atoms with Crippen molar-refractivity contribution >= 4 is 21.6 Å². The van der Waals surface area contributed by atoms with Crippen LogP contribution in [0.5, 0.6) is 0 Å². The Balaban J connectivity index is 1.89. The van der Waals surface area contributed by atoms with Crippen molar-refractivity contribution in [1.29, 1.82) is 0 Å². The molecule has 0 saturated carbocycles. The van der Waals surface area contributed by atoms with Gasteiger partial charge >= 0.3 is 0 Å². The van der Waals surface area contributed by atoms with Crippen LogP contribution >= 0.6 is 0 Å². The van der Waals surface area contributed by atoms with Gasteiger partial charge in [0.2, 0.25) is 0 Å². The maximum Gasteiger partial charge on any atom is 0.262 e. The average molecular weight is 359 g/mol. The molecule has 0 radical (unpaired) electrons. The van der Waals surface area contributed by atoms with Gasteiger partial charge < -0.3 is 4.90 Å². The second-order valence-corrected chi connectivity index (χ2v) is 7.97. The third-order valence-corrected chi connectivity index (χ3v) is 5.83. The molecule has 7 heteroatoms. The summed E-state index contributed by atoms with van der Waals surface area (Å²) >= 11 is 0. The topological polar surface area (TPSA) is 79.4 Å². The number of sulfonamides is 1. The van der Waals surface area contributed by atoms with Crippen LogP contribution in [0.2, 0.25) is 0 Å². The fraction of sp³-hybridized carbons (Fsp3) is 0.333. The molecule has 0 aliphatic carbocycles. The normalized spacial score (nSPS) is 15.8. The number of hydrogen-bond donors (Lipinski definition) is 1. The lowest BCUT2D eigenvalue weighted by molar-refractivity contribution is 0.0693. The van der Waals surface area contributed by atoms with E-state index in [1.54, 1.807) is 41.4 Å². The fourth-order valence-electron chi connectivity index (χ4n) is 2.89. The zero-order valence-electron chi connectivity index (χ0n) is 14.1. The van der Waals surface area contributed by atoms with Crippen LogP contribution in [0.15, 0.2) is 53.7 Å². The number of benzene rings is 1. The summed E-state index contributed by atoms with van der Waals surface area (Å²) < 4.78 is 28.0. The van der Waals surface area contributed by atoms with Crippen LogP contribution in [0.25, 0.3) is 0 Å². The van der Waals surface area contributed by atoms with Gasteiger partial charge in [0, 0.05) is 19.3 Å². The van der Waals surface area contributed by atoms with Gasteiger partial charge in [0.15, 0.2) is 0 Å². The first kappa shape index (κ1) is 17.4. The van der Waals surface area contributed by atoms with E-state index in [0.717, 1.165) is 12.8 Å². The van der Waals surface area contributed by atoms with Gasteiger partial charge in [-0.05, 0) is 43.0 Å². The van der Waals surface area contributed by atoms with Crippen LogP contribution in [0.1, 0.15) is 30.1 Å². The molecule has 3 rings (SSSR count). The molecule has 1 N–H and O–H groups in total. The molecule has 1 aliphatic heterocycles. The third-order valence-electron chi connectivity index (χ3n) is 4.39. The Morgan fingerprint density at radius 1 is 1.16 bits per heavy atom. The Kier molecular flexibility index (Phi) is 5.03. The number of hydrogen-bond acceptors (Lipinski definition) is 4. The van der Waals surface area contributed by atoms with Crippen LogP contribution in [-0.2, 0) is 10.0 Å². The van der Waals surface area contributed by atoms with E-state index >= 15 is 0 Å². The van der Waals surface area contributed by atoms with Gasteiger partial charge in [0.25, 0.3) is 15.9 Å². The standard InChI is InChI=1S/C18H21N3O3S/c1-14-8-11-21(12-9-14)18(22)16-6-2-3-7-17(16)25(23,24)20-15-5-4-10-19-13-15/h2-7,10,13-14,20H,8-9,11-12H2,1H3. The molecule has 1 amide bonds. The number of pyridine rings is 1. The largest absolute Gasteiger partial charge is 0.339 e. The van der Waals surface area contributed by atoms with Gasteiger partial charge in [-0.25, -0.2) is 8.42 Å². The summed E-state index contributed by atoms with van der Waals surface area (Å²) in [7, 11) is -3.88. The molecule has 1 aromatic heterocycles. The number of aromatic nitrogens is 1. The number of likely N-dealkylation sites (tertiary alicyclic amines) is 1. The lowest BCUT2D eigenvalue weighted by Crippen LogP contribution is -2.38. The number of nitrogens with zero attached hydrogens (tertiary/aromatic N) is 2. The number of amides is 1. The molecular weight excluding hydrogens is 338 g/mol. The van der Waals surface area contributed by atoms with Crippen molar-refractivity contribution in [2.75, 3.05) is 17.8 Å². The second kappa shape index (κ2) is 7.23. The Labute approximate surface area is 147 Å². The SMILES string of the molecule is CC1CCN(C(=O)c2ccccc2S(=O)(=O)Nc2cccnc2)CC1. The smallest absolute Gasteiger partial charge is 0.262 e. The first-order valence-corrected chi connectivity index (χ1v) is 9.77. The van der Waals surface area contributed by atoms with E-state index in [-0.39, 0.29) is 16.4 Å². The van der Waals surface area contributed by atoms with Crippen LogP contribution in [0.3, 0.4) is 0 Å². The predicted molar refractivity (Wildman–Crippen MR) is 95.8 cm³/mol. The summed E-state index contributed by atoms with van der Waals surface area (Å²) in [5.41, 5.74) is 0.560. The quantitative estimate of drug-likeness (QED) is 0.910. The van der Waals surface area contributed by atoms with Crippen LogP contribution < -0.4 is 4.72 Å². The molecule has 1 saturated heterocycles. The van der Waals surface area contributed by atoms with Crippen molar-refractivity contribution in [1.82, 2.24) is 9.88 Å². The molecule has 25 heavy (non-hydrogen) atoms. The van der Waals surface area contributed by atoms with Crippen LogP contribution in [0.4, 0.5) is 5.69 Å². The lowest BCUT2D eigenvalue weighted by Gasteiger charge is -2.30. The molecule has 0 bridgehead atoms. The maximum atomic E-state index is 12.8. The van der Waals surface area contributed by atoms with E-state index < -0.39 is 10.0 Å². The highest BCUT2D eigenvalue weighted by atomic mass is 32.2. The van der Waals surface area contributed by atoms with Crippen molar-refractivity contribution in [2.45, 2.75) is 24.7 Å². The highest BCUT2D eigenvalue weighted by Gasteiger charge is 2.27. The number of carbonyl (C=O) groups is 1. The molecule has 2 heterocycles. The van der Waals surface area contributed by atoms with Gasteiger partial charge in [-0.2, -0.15) is 0 Å². The van der Waals surface area contributed by atoms with E-state index in [9.17, 15) is 13.2 Å². The molecule has 2 aromatic rings. The Bertz CT molecular complexity index is 845. The summed E-state index contributed by atoms with van der Waals surface area (Å²) in [6.45, 7) is 3.48. The monoisotopic (exact) mass is 359 g/mol. The highest BCUT2D eigenvalue weighted by molar-refractivity contribution is 7.92. The summed E-state index contributed by atoms with van der Waals surface area (Å²) in [5.74, 6) is 0.356. The summed E-state index contributed by atoms with van der Waals surface area (Å²) in [6, 6.07) is 9.58. The highest BCUT2D eigenvalue weighted by Crippen LogP contribution is 2.23. The molecule has 132 valence electrons. The van der Waals surface area contributed by atoms with E-state index in [1.165, 1.54) is 12.3 Å². The Morgan fingerprint density at radius 3 is 2.56 bits per heavy atom. The van der Waals surface area contributed by atoms with Gasteiger partial charge in [-0.1, -0.05) is 19.1 Å². The molecule has 1 aliphatic rings. The van der Waals surface area contributed by atoms with Gasteiger partial charge in [-0.3, -0.25) is 14.5 Å². The molecular formula is C18H21N3O3S. The Hall–Kier alpha value is -2.41. The predicted octanol–water partition coefficient (Wildman–Crippen LogP) is 2.75. The van der Waals surface area contributed by atoms with Crippen molar-refractivity contribution in [3.63, 3.8) is 0 Å². The number of carbonyl (C=O) groups excluding carboxylic acids is 1. The molecule has 1 aromatic carbocycles. The van der Waals surface area contributed by atoms with Crippen molar-refractivity contribution in [2.24, 2.45) is 5.92 Å². The second-order valence-electron chi connectivity index (χ2n) is 6.32. The zero-order valence-corrected chi connectivity index (χ0v) is 14.9. The minimum Gasteiger partial charge on any atom is -0.339 e. The summed E-state index contributed by atoms with van der Waals surface area (Å²) in [4.78, 5) is 18.5. The first-order chi connectivity index (χ1) is 12.0. The average Bonchev–Trinajstić information content (AvgIpc) is 2.62. The minimum absolute atomic E-state index is 0.0116. The summed E-state index contributed by atoms with van der Waals surface area (Å²) in [5, 5.41) is 0. The maximum absolute atomic E-state index is 12.8. The van der Waals surface area contributed by atoms with E-state index in [4.69, 9.17) is 0 Å². The number of nitrogens with one attached hydrogen (secondary N) is 1. The van der Waals surface area contributed by atoms with Crippen molar-refractivity contribution in [3.05, 3.63) is 54.4 Å². The van der Waals surface area contributed by atoms with Gasteiger partial charge in [-0.15, -0.1) is 0 Å². The number of anilines is 1. The molecule has 0 spiro atoms. The van der Waals surface area contributed by atoms with E-state index in [2.05, 4.69) is 16.6 Å². The number of rotatable bonds is 4. The zero-order chi connectivity index (χ0) is 17.9. The molecule has 6 nitrogen and oxygen atoms in total. The van der Waals surface area contributed by atoms with Gasteiger partial charge in [0.05, 0.1) is 17.4 Å². The molecule has 0 unspecified atom stereocenters. The van der Waals surface area contributed by atoms with Gasteiger partial charge in [0.1, 0.15) is 4.90 Å². The molecule has 0 atom stereocenters. The van der Waals surface area contributed by atoms with Crippen LogP contribution in [-0.4, -0.2) is 37.3 Å². The third kappa shape index (κ3) is 3.99. The summed E-state index contributed by atoms with van der Waals surface area (Å²) in [6.07, 6.45) is 4.86. The minimum atomic E-state index is -3.88. The Morgan fingerprint density at radius 2 is 1.88 bits per heavy atom. The van der Waals surface area contributed by atoms with E-state index in [0.29, 0.717) is 24.7 Å².